The molecule has 1 aliphatic rings. The number of nitrogens with one attached hydrogen (secondary N) is 1. The first-order valence-electron chi connectivity index (χ1n) is 9.52. The van der Waals surface area contributed by atoms with Gasteiger partial charge in [-0.1, -0.05) is 0 Å². The van der Waals surface area contributed by atoms with E-state index in [1.54, 1.807) is 17.0 Å². The lowest BCUT2D eigenvalue weighted by atomic mass is 9.95. The summed E-state index contributed by atoms with van der Waals surface area (Å²) in [6.45, 7) is 1.18. The van der Waals surface area contributed by atoms with Gasteiger partial charge in [0.05, 0.1) is 6.54 Å². The van der Waals surface area contributed by atoms with Crippen molar-refractivity contribution in [3.8, 4) is 0 Å². The average molecular weight is 454 g/mol. The van der Waals surface area contributed by atoms with Gasteiger partial charge < -0.3 is 10.2 Å². The third-order valence-corrected chi connectivity index (χ3v) is 8.42. The van der Waals surface area contributed by atoms with E-state index in [1.807, 2.05) is 0 Å². The zero-order valence-electron chi connectivity index (χ0n) is 16.8. The lowest BCUT2D eigenvalue weighted by molar-refractivity contribution is -0.126. The van der Waals surface area contributed by atoms with E-state index in [-0.39, 0.29) is 34.3 Å². The third kappa shape index (κ3) is 5.05. The zero-order chi connectivity index (χ0) is 21.9. The topological polar surface area (TPSA) is 86.8 Å². The van der Waals surface area contributed by atoms with Crippen LogP contribution in [0, 0.1) is 11.7 Å². The van der Waals surface area contributed by atoms with Crippen LogP contribution in [0.5, 0.6) is 0 Å². The van der Waals surface area contributed by atoms with Crippen molar-refractivity contribution in [1.29, 1.82) is 0 Å². The van der Waals surface area contributed by atoms with Gasteiger partial charge in [0, 0.05) is 43.5 Å². The van der Waals surface area contributed by atoms with Crippen LogP contribution in [0.4, 0.5) is 4.39 Å². The van der Waals surface area contributed by atoms with Crippen molar-refractivity contribution in [1.82, 2.24) is 14.5 Å². The minimum atomic E-state index is -3.47. The van der Waals surface area contributed by atoms with E-state index in [0.717, 1.165) is 20.5 Å². The molecule has 3 rings (SSSR count). The predicted octanol–water partition coefficient (Wildman–Crippen LogP) is 2.31. The minimum absolute atomic E-state index is 0.103. The molecular formula is C20H24FN3O4S2. The highest BCUT2D eigenvalue weighted by molar-refractivity contribution is 7.91. The highest BCUT2D eigenvalue weighted by atomic mass is 32.2. The van der Waals surface area contributed by atoms with Crippen LogP contribution in [0.2, 0.25) is 0 Å². The predicted molar refractivity (Wildman–Crippen MR) is 112 cm³/mol. The molecule has 1 aliphatic heterocycles. The molecule has 1 aromatic carbocycles. The summed E-state index contributed by atoms with van der Waals surface area (Å²) >= 11 is 1.14. The second-order valence-electron chi connectivity index (χ2n) is 7.30. The third-order valence-electron chi connectivity index (χ3n) is 5.05. The molecular weight excluding hydrogens is 429 g/mol. The highest BCUT2D eigenvalue weighted by Crippen LogP contribution is 2.24. The van der Waals surface area contributed by atoms with Gasteiger partial charge in [0.15, 0.2) is 0 Å². The van der Waals surface area contributed by atoms with Gasteiger partial charge in [-0.15, -0.1) is 11.3 Å². The molecule has 1 N–H and O–H groups in total. The Bertz CT molecular complexity index is 1010. The fraction of sp³-hybridized carbons (Fsp3) is 0.400. The van der Waals surface area contributed by atoms with Gasteiger partial charge in [0.25, 0.3) is 15.9 Å². The van der Waals surface area contributed by atoms with Crippen molar-refractivity contribution in [2.24, 2.45) is 5.92 Å². The number of carbonyl (C=O) groups excluding carboxylic acids is 2. The van der Waals surface area contributed by atoms with Crippen LogP contribution >= 0.6 is 11.3 Å². The van der Waals surface area contributed by atoms with Crippen molar-refractivity contribution >= 4 is 33.2 Å². The van der Waals surface area contributed by atoms with Crippen LogP contribution in [-0.4, -0.2) is 56.6 Å². The molecule has 1 saturated heterocycles. The van der Waals surface area contributed by atoms with E-state index in [9.17, 15) is 22.4 Å². The molecule has 0 bridgehead atoms. The summed E-state index contributed by atoms with van der Waals surface area (Å²) in [7, 11) is -0.522. The Hall–Kier alpha value is -2.30. The number of hydrogen-bond acceptors (Lipinski definition) is 5. The standard InChI is InChI=1S/C20H24FN3O4S2/c1-23(2)30(27,28)18-8-7-17(29-18)13-22-19(25)14-9-11-24(12-10-14)20(26)15-3-5-16(21)6-4-15/h3-8,14H,9-13H2,1-2H3,(H,22,25). The van der Waals surface area contributed by atoms with E-state index < -0.39 is 10.0 Å². The molecule has 2 heterocycles. The Labute approximate surface area is 179 Å². The molecule has 2 amide bonds. The van der Waals surface area contributed by atoms with Gasteiger partial charge in [-0.05, 0) is 49.2 Å². The minimum Gasteiger partial charge on any atom is -0.351 e. The van der Waals surface area contributed by atoms with Crippen LogP contribution in [0.1, 0.15) is 28.1 Å². The van der Waals surface area contributed by atoms with Crippen LogP contribution in [0.3, 0.4) is 0 Å². The molecule has 0 spiro atoms. The second kappa shape index (κ2) is 9.23. The number of thiophene rings is 1. The summed E-state index contributed by atoms with van der Waals surface area (Å²) in [5.41, 5.74) is 0.431. The van der Waals surface area contributed by atoms with Crippen LogP contribution in [-0.2, 0) is 21.4 Å². The molecule has 0 unspecified atom stereocenters. The zero-order valence-corrected chi connectivity index (χ0v) is 18.4. The van der Waals surface area contributed by atoms with Crippen molar-refractivity contribution in [3.63, 3.8) is 0 Å². The van der Waals surface area contributed by atoms with E-state index >= 15 is 0 Å². The number of halogens is 1. The number of nitrogens with zero attached hydrogens (tertiary/aromatic N) is 2. The Morgan fingerprint density at radius 3 is 2.37 bits per heavy atom. The number of amides is 2. The number of hydrogen-bond donors (Lipinski definition) is 1. The number of rotatable bonds is 6. The number of carbonyl (C=O) groups is 2. The molecule has 1 fully saturated rings. The molecule has 0 aliphatic carbocycles. The molecule has 0 atom stereocenters. The number of piperidine rings is 1. The Balaban J connectivity index is 1.49. The van der Waals surface area contributed by atoms with E-state index in [2.05, 4.69) is 5.32 Å². The summed E-state index contributed by atoms with van der Waals surface area (Å²) in [6.07, 6.45) is 1.09. The molecule has 7 nitrogen and oxygen atoms in total. The summed E-state index contributed by atoms with van der Waals surface area (Å²) < 4.78 is 38.7. The van der Waals surface area contributed by atoms with Gasteiger partial charge in [-0.3, -0.25) is 9.59 Å². The number of likely N-dealkylation sites (tertiary alicyclic amines) is 1. The quantitative estimate of drug-likeness (QED) is 0.727. The first kappa shape index (κ1) is 22.4. The SMILES string of the molecule is CN(C)S(=O)(=O)c1ccc(CNC(=O)C2CCN(C(=O)c3ccc(F)cc3)CC2)s1. The maximum absolute atomic E-state index is 13.0. The van der Waals surface area contributed by atoms with Crippen molar-refractivity contribution in [3.05, 3.63) is 52.7 Å². The molecule has 162 valence electrons. The summed E-state index contributed by atoms with van der Waals surface area (Å²) in [5.74, 6) is -0.859. The fourth-order valence-electron chi connectivity index (χ4n) is 3.21. The Morgan fingerprint density at radius 1 is 1.13 bits per heavy atom. The van der Waals surface area contributed by atoms with Crippen molar-refractivity contribution in [2.75, 3.05) is 27.2 Å². The van der Waals surface area contributed by atoms with Gasteiger partial charge in [-0.25, -0.2) is 17.1 Å². The molecule has 0 saturated carbocycles. The van der Waals surface area contributed by atoms with Gasteiger partial charge in [0.1, 0.15) is 10.0 Å². The summed E-state index contributed by atoms with van der Waals surface area (Å²) in [6, 6.07) is 8.68. The molecule has 30 heavy (non-hydrogen) atoms. The normalized spacial score (nSPS) is 15.4. The van der Waals surface area contributed by atoms with Crippen molar-refractivity contribution < 1.29 is 22.4 Å². The van der Waals surface area contributed by atoms with Crippen molar-refractivity contribution in [2.45, 2.75) is 23.6 Å². The smallest absolute Gasteiger partial charge is 0.253 e. The second-order valence-corrected chi connectivity index (χ2v) is 10.8. The van der Waals surface area contributed by atoms with Crippen LogP contribution < -0.4 is 5.32 Å². The first-order chi connectivity index (χ1) is 14.2. The first-order valence-corrected chi connectivity index (χ1v) is 11.8. The number of benzene rings is 1. The fourth-order valence-corrected chi connectivity index (χ4v) is 5.67. The molecule has 1 aromatic heterocycles. The lowest BCUT2D eigenvalue weighted by Gasteiger charge is -2.31. The largest absolute Gasteiger partial charge is 0.351 e. The van der Waals surface area contributed by atoms with Gasteiger partial charge in [-0.2, -0.15) is 0 Å². The van der Waals surface area contributed by atoms with E-state index in [1.165, 1.54) is 38.4 Å². The average Bonchev–Trinajstić information content (AvgIpc) is 3.22. The monoisotopic (exact) mass is 453 g/mol. The lowest BCUT2D eigenvalue weighted by Crippen LogP contribution is -2.42. The maximum atomic E-state index is 13.0. The maximum Gasteiger partial charge on any atom is 0.253 e. The van der Waals surface area contributed by atoms with Crippen LogP contribution in [0.25, 0.3) is 0 Å². The van der Waals surface area contributed by atoms with Crippen LogP contribution in [0.15, 0.2) is 40.6 Å². The Morgan fingerprint density at radius 2 is 1.77 bits per heavy atom. The summed E-state index contributed by atoms with van der Waals surface area (Å²) in [5, 5.41) is 2.86. The van der Waals surface area contributed by atoms with Gasteiger partial charge in [0.2, 0.25) is 5.91 Å². The molecule has 10 heteroatoms. The van der Waals surface area contributed by atoms with Gasteiger partial charge >= 0.3 is 0 Å². The number of sulfonamides is 1. The molecule has 2 aromatic rings. The summed E-state index contributed by atoms with van der Waals surface area (Å²) in [4.78, 5) is 27.4. The Kier molecular flexibility index (Phi) is 6.89. The molecule has 0 radical (unpaired) electrons. The van der Waals surface area contributed by atoms with E-state index in [4.69, 9.17) is 0 Å². The highest BCUT2D eigenvalue weighted by Gasteiger charge is 2.28. The van der Waals surface area contributed by atoms with E-state index in [0.29, 0.717) is 31.5 Å².